The predicted molar refractivity (Wildman–Crippen MR) is 134 cm³/mol. The minimum Gasteiger partial charge on any atom is -0.487 e. The number of hydrogen-bond donors (Lipinski definition) is 1. The van der Waals surface area contributed by atoms with Crippen molar-refractivity contribution >= 4 is 21.6 Å². The number of carbonyl (C=O) groups is 1. The van der Waals surface area contributed by atoms with E-state index in [0.717, 1.165) is 26.7 Å². The number of nitrogens with zero attached hydrogens (tertiary/aromatic N) is 1. The van der Waals surface area contributed by atoms with Crippen LogP contribution in [0.25, 0.3) is 0 Å². The molecular formula is C27H30N2O4S. The van der Waals surface area contributed by atoms with Crippen LogP contribution in [0.5, 0.6) is 5.75 Å². The van der Waals surface area contributed by atoms with Crippen molar-refractivity contribution in [3.8, 4) is 5.75 Å². The number of rotatable bonds is 6. The Morgan fingerprint density at radius 1 is 1.00 bits per heavy atom. The standard InChI is InChI=1S/C27H30N2O4S/c1-19-10-13-21(14-11-19)29(34(31,32)22-8-6-5-7-9-22)18-26(30)28-24-17-27(3,4)33-25-16-20(2)12-15-23(24)25/h5-16,24H,17-18H2,1-4H3,(H,28,30). The first-order valence-corrected chi connectivity index (χ1v) is 12.7. The van der Waals surface area contributed by atoms with Crippen LogP contribution in [-0.2, 0) is 14.8 Å². The number of aryl methyl sites for hydroxylation is 2. The van der Waals surface area contributed by atoms with Crippen LogP contribution in [0.4, 0.5) is 5.69 Å². The Balaban J connectivity index is 1.64. The Labute approximate surface area is 201 Å². The Kier molecular flexibility index (Phi) is 6.41. The molecule has 7 heteroatoms. The van der Waals surface area contributed by atoms with Crippen molar-refractivity contribution < 1.29 is 17.9 Å². The smallest absolute Gasteiger partial charge is 0.264 e. The van der Waals surface area contributed by atoms with Gasteiger partial charge in [-0.1, -0.05) is 48.0 Å². The number of ether oxygens (including phenoxy) is 1. The number of nitrogens with one attached hydrogen (secondary N) is 1. The second kappa shape index (κ2) is 9.14. The fraction of sp³-hybridized carbons (Fsp3) is 0.296. The molecule has 1 N–H and O–H groups in total. The third-order valence-electron chi connectivity index (χ3n) is 5.90. The second-order valence-corrected chi connectivity index (χ2v) is 11.2. The fourth-order valence-electron chi connectivity index (χ4n) is 4.20. The SMILES string of the molecule is Cc1ccc(N(CC(=O)NC2CC(C)(C)Oc3cc(C)ccc32)S(=O)(=O)c2ccccc2)cc1. The summed E-state index contributed by atoms with van der Waals surface area (Å²) in [5.74, 6) is 0.364. The molecule has 0 saturated heterocycles. The molecule has 1 amide bonds. The third kappa shape index (κ3) is 5.09. The number of hydrogen-bond acceptors (Lipinski definition) is 4. The van der Waals surface area contributed by atoms with Crippen molar-refractivity contribution in [1.29, 1.82) is 0 Å². The highest BCUT2D eigenvalue weighted by molar-refractivity contribution is 7.92. The zero-order valence-corrected chi connectivity index (χ0v) is 20.7. The van der Waals surface area contributed by atoms with Gasteiger partial charge in [0, 0.05) is 12.0 Å². The average molecular weight is 479 g/mol. The average Bonchev–Trinajstić information content (AvgIpc) is 2.77. The van der Waals surface area contributed by atoms with Crippen molar-refractivity contribution in [3.05, 3.63) is 89.5 Å². The molecule has 34 heavy (non-hydrogen) atoms. The highest BCUT2D eigenvalue weighted by Crippen LogP contribution is 2.40. The minimum atomic E-state index is -3.94. The van der Waals surface area contributed by atoms with Crippen LogP contribution < -0.4 is 14.4 Å². The van der Waals surface area contributed by atoms with E-state index < -0.39 is 15.6 Å². The molecule has 0 aliphatic carbocycles. The van der Waals surface area contributed by atoms with Gasteiger partial charge in [0.25, 0.3) is 10.0 Å². The topological polar surface area (TPSA) is 75.7 Å². The van der Waals surface area contributed by atoms with Crippen LogP contribution in [0.3, 0.4) is 0 Å². The van der Waals surface area contributed by atoms with E-state index in [9.17, 15) is 13.2 Å². The highest BCUT2D eigenvalue weighted by Gasteiger charge is 2.35. The lowest BCUT2D eigenvalue weighted by molar-refractivity contribution is -0.120. The van der Waals surface area contributed by atoms with E-state index >= 15 is 0 Å². The van der Waals surface area contributed by atoms with Gasteiger partial charge in [-0.15, -0.1) is 0 Å². The predicted octanol–water partition coefficient (Wildman–Crippen LogP) is 4.92. The summed E-state index contributed by atoms with van der Waals surface area (Å²) in [5, 5.41) is 3.06. The Morgan fingerprint density at radius 2 is 1.65 bits per heavy atom. The summed E-state index contributed by atoms with van der Waals surface area (Å²) in [6, 6.07) is 20.9. The van der Waals surface area contributed by atoms with E-state index in [1.807, 2.05) is 58.0 Å². The molecule has 6 nitrogen and oxygen atoms in total. The van der Waals surface area contributed by atoms with Crippen LogP contribution in [0, 0.1) is 13.8 Å². The van der Waals surface area contributed by atoms with Gasteiger partial charge in [-0.2, -0.15) is 0 Å². The molecule has 0 fully saturated rings. The van der Waals surface area contributed by atoms with Gasteiger partial charge in [-0.25, -0.2) is 8.42 Å². The second-order valence-electron chi connectivity index (χ2n) is 9.39. The lowest BCUT2D eigenvalue weighted by atomic mass is 9.89. The number of fused-ring (bicyclic) bond motifs is 1. The van der Waals surface area contributed by atoms with Gasteiger partial charge in [0.05, 0.1) is 16.6 Å². The molecule has 1 atom stereocenters. The number of carbonyl (C=O) groups excluding carboxylic acids is 1. The summed E-state index contributed by atoms with van der Waals surface area (Å²) >= 11 is 0. The monoisotopic (exact) mass is 478 g/mol. The Hall–Kier alpha value is -3.32. The van der Waals surface area contributed by atoms with E-state index in [1.165, 1.54) is 12.1 Å². The summed E-state index contributed by atoms with van der Waals surface area (Å²) in [4.78, 5) is 13.4. The first kappa shape index (κ1) is 23.8. The van der Waals surface area contributed by atoms with Crippen molar-refractivity contribution in [1.82, 2.24) is 5.32 Å². The summed E-state index contributed by atoms with van der Waals surface area (Å²) in [7, 11) is -3.94. The van der Waals surface area contributed by atoms with E-state index in [0.29, 0.717) is 12.1 Å². The fourth-order valence-corrected chi connectivity index (χ4v) is 5.65. The van der Waals surface area contributed by atoms with Crippen LogP contribution in [-0.4, -0.2) is 26.5 Å². The van der Waals surface area contributed by atoms with Crippen molar-refractivity contribution in [3.63, 3.8) is 0 Å². The molecule has 1 aliphatic rings. The molecular weight excluding hydrogens is 448 g/mol. The van der Waals surface area contributed by atoms with Crippen molar-refractivity contribution in [2.75, 3.05) is 10.8 Å². The summed E-state index contributed by atoms with van der Waals surface area (Å²) in [6.07, 6.45) is 0.574. The Bertz CT molecular complexity index is 1290. The van der Waals surface area contributed by atoms with Gasteiger partial charge in [-0.3, -0.25) is 9.10 Å². The normalized spacial score (nSPS) is 16.8. The van der Waals surface area contributed by atoms with Crippen molar-refractivity contribution in [2.45, 2.75) is 50.7 Å². The van der Waals surface area contributed by atoms with Gasteiger partial charge in [0.15, 0.2) is 0 Å². The summed E-state index contributed by atoms with van der Waals surface area (Å²) < 4.78 is 34.3. The van der Waals surface area contributed by atoms with E-state index in [2.05, 4.69) is 5.32 Å². The number of benzene rings is 3. The van der Waals surface area contributed by atoms with Gasteiger partial charge >= 0.3 is 0 Å². The zero-order valence-electron chi connectivity index (χ0n) is 19.9. The molecule has 1 heterocycles. The van der Waals surface area contributed by atoms with Gasteiger partial charge in [-0.05, 0) is 63.6 Å². The molecule has 1 aliphatic heterocycles. The maximum Gasteiger partial charge on any atom is 0.264 e. The van der Waals surface area contributed by atoms with Crippen LogP contribution in [0.15, 0.2) is 77.7 Å². The molecule has 0 bridgehead atoms. The lowest BCUT2D eigenvalue weighted by Crippen LogP contribution is -2.45. The molecule has 4 rings (SSSR count). The van der Waals surface area contributed by atoms with Crippen LogP contribution in [0.2, 0.25) is 0 Å². The maximum atomic E-state index is 13.5. The largest absolute Gasteiger partial charge is 0.487 e. The van der Waals surface area contributed by atoms with E-state index in [-0.39, 0.29) is 23.4 Å². The zero-order chi connectivity index (χ0) is 24.5. The van der Waals surface area contributed by atoms with Crippen molar-refractivity contribution in [2.24, 2.45) is 0 Å². The number of sulfonamides is 1. The molecule has 0 spiro atoms. The highest BCUT2D eigenvalue weighted by atomic mass is 32.2. The molecule has 3 aromatic carbocycles. The molecule has 0 saturated carbocycles. The van der Waals surface area contributed by atoms with Gasteiger partial charge < -0.3 is 10.1 Å². The molecule has 178 valence electrons. The maximum absolute atomic E-state index is 13.5. The van der Waals surface area contributed by atoms with Crippen LogP contribution in [0.1, 0.15) is 43.0 Å². The summed E-state index contributed by atoms with van der Waals surface area (Å²) in [6.45, 7) is 7.55. The molecule has 0 aromatic heterocycles. The third-order valence-corrected chi connectivity index (χ3v) is 7.69. The summed E-state index contributed by atoms with van der Waals surface area (Å²) in [5.41, 5.74) is 2.94. The van der Waals surface area contributed by atoms with Crippen LogP contribution >= 0.6 is 0 Å². The number of amides is 1. The van der Waals surface area contributed by atoms with Gasteiger partial charge in [0.1, 0.15) is 17.9 Å². The van der Waals surface area contributed by atoms with E-state index in [4.69, 9.17) is 4.74 Å². The first-order chi connectivity index (χ1) is 16.0. The molecule has 0 radical (unpaired) electrons. The first-order valence-electron chi connectivity index (χ1n) is 11.3. The quantitative estimate of drug-likeness (QED) is 0.546. The number of anilines is 1. The van der Waals surface area contributed by atoms with Gasteiger partial charge in [0.2, 0.25) is 5.91 Å². The molecule has 3 aromatic rings. The minimum absolute atomic E-state index is 0.136. The van der Waals surface area contributed by atoms with E-state index in [1.54, 1.807) is 30.3 Å². The molecule has 1 unspecified atom stereocenters. The Morgan fingerprint density at radius 3 is 2.32 bits per heavy atom. The lowest BCUT2D eigenvalue weighted by Gasteiger charge is -2.38.